The first kappa shape index (κ1) is 27.0. The van der Waals surface area contributed by atoms with E-state index in [1.54, 1.807) is 4.90 Å². The second kappa shape index (κ2) is 11.6. The summed E-state index contributed by atoms with van der Waals surface area (Å²) in [6.07, 6.45) is 2.19. The average Bonchev–Trinajstić information content (AvgIpc) is 3.53. The number of carbonyl (C=O) groups is 2. The predicted octanol–water partition coefficient (Wildman–Crippen LogP) is 2.60. The molecule has 0 radical (unpaired) electrons. The Labute approximate surface area is 222 Å². The van der Waals surface area contributed by atoms with Crippen LogP contribution < -0.4 is 5.73 Å². The second-order valence-electron chi connectivity index (χ2n) is 9.36. The summed E-state index contributed by atoms with van der Waals surface area (Å²) < 4.78 is 4.47. The number of fused-ring (bicyclic) bond motifs is 1. The van der Waals surface area contributed by atoms with Crippen LogP contribution in [0.5, 0.6) is 0 Å². The molecule has 3 heterocycles. The van der Waals surface area contributed by atoms with E-state index >= 15 is 0 Å². The number of aliphatic hydroxyl groups is 1. The number of amidine groups is 1. The topological polar surface area (TPSA) is 119 Å². The first-order valence-electron chi connectivity index (χ1n) is 13.0. The number of aliphatic imine (C=N–C) groups is 1. The van der Waals surface area contributed by atoms with Gasteiger partial charge in [0, 0.05) is 37.2 Å². The van der Waals surface area contributed by atoms with Crippen molar-refractivity contribution >= 4 is 35.0 Å². The van der Waals surface area contributed by atoms with Crippen molar-refractivity contribution in [2.75, 3.05) is 38.5 Å². The van der Waals surface area contributed by atoms with E-state index in [0.717, 1.165) is 11.3 Å². The van der Waals surface area contributed by atoms with Crippen molar-refractivity contribution in [3.8, 4) is 0 Å². The fraction of sp³-hybridized carbons (Fsp3) is 0.538. The molecule has 2 atom stereocenters. The number of nitrogen functional groups attached to an aromatic ring is 1. The van der Waals surface area contributed by atoms with Crippen molar-refractivity contribution in [3.63, 3.8) is 0 Å². The van der Waals surface area contributed by atoms with Gasteiger partial charge in [-0.15, -0.1) is 0 Å². The van der Waals surface area contributed by atoms with Crippen molar-refractivity contribution in [1.82, 2.24) is 24.2 Å². The zero-order valence-corrected chi connectivity index (χ0v) is 22.7. The Hall–Kier alpha value is -3.02. The number of aliphatic hydroxyl groups excluding tert-OH is 1. The number of imide groups is 1. The molecule has 0 saturated carbocycles. The van der Waals surface area contributed by atoms with Crippen LogP contribution in [0.15, 0.2) is 40.7 Å². The summed E-state index contributed by atoms with van der Waals surface area (Å²) in [6.45, 7) is 7.55. The van der Waals surface area contributed by atoms with Crippen molar-refractivity contribution < 1.29 is 14.7 Å². The third-order valence-corrected chi connectivity index (χ3v) is 7.73. The Kier molecular flexibility index (Phi) is 8.46. The smallest absolute Gasteiger partial charge is 0.328 e. The summed E-state index contributed by atoms with van der Waals surface area (Å²) >= 11 is 1.37. The lowest BCUT2D eigenvalue weighted by atomic mass is 9.91. The molecule has 0 aliphatic carbocycles. The molecule has 2 aliphatic heterocycles. The van der Waals surface area contributed by atoms with E-state index in [9.17, 15) is 14.7 Å². The van der Waals surface area contributed by atoms with Crippen LogP contribution in [-0.4, -0.2) is 91.6 Å². The molecule has 0 spiro atoms. The number of hydrogen-bond donors (Lipinski definition) is 2. The van der Waals surface area contributed by atoms with E-state index in [2.05, 4.69) is 4.37 Å². The molecule has 1 aromatic carbocycles. The molecule has 4 rings (SSSR count). The van der Waals surface area contributed by atoms with Gasteiger partial charge >= 0.3 is 6.03 Å². The van der Waals surface area contributed by atoms with Gasteiger partial charge in [0.05, 0.1) is 18.7 Å². The number of amides is 3. The zero-order valence-electron chi connectivity index (χ0n) is 21.8. The second-order valence-corrected chi connectivity index (χ2v) is 10.0. The lowest BCUT2D eigenvalue weighted by Crippen LogP contribution is -2.74. The number of anilines is 1. The highest BCUT2D eigenvalue weighted by atomic mass is 32.1. The first-order valence-corrected chi connectivity index (χ1v) is 13.8. The normalized spacial score (nSPS) is 21.7. The van der Waals surface area contributed by atoms with Crippen LogP contribution in [0.4, 0.5) is 10.5 Å². The Balaban J connectivity index is 1.79. The third-order valence-electron chi connectivity index (χ3n) is 7.13. The van der Waals surface area contributed by atoms with E-state index < -0.39 is 11.7 Å². The molecule has 2 aromatic rings. The van der Waals surface area contributed by atoms with Gasteiger partial charge in [-0.3, -0.25) is 19.6 Å². The minimum Gasteiger partial charge on any atom is -0.399 e. The number of urea groups is 1. The molecule has 2 aliphatic rings. The number of benzene rings is 1. The van der Waals surface area contributed by atoms with E-state index in [1.807, 2.05) is 66.5 Å². The molecule has 37 heavy (non-hydrogen) atoms. The minimum atomic E-state index is -1.06. The van der Waals surface area contributed by atoms with Crippen LogP contribution in [-0.2, 0) is 17.6 Å². The van der Waals surface area contributed by atoms with Gasteiger partial charge in [0.25, 0.3) is 5.91 Å². The molecule has 1 saturated heterocycles. The van der Waals surface area contributed by atoms with Gasteiger partial charge in [-0.1, -0.05) is 32.9 Å². The fourth-order valence-corrected chi connectivity index (χ4v) is 5.86. The number of carbonyl (C=O) groups excluding carboxylic acids is 2. The summed E-state index contributed by atoms with van der Waals surface area (Å²) in [5, 5.41) is 15.6. The largest absolute Gasteiger partial charge is 0.399 e. The van der Waals surface area contributed by atoms with Crippen molar-refractivity contribution in [2.24, 2.45) is 4.99 Å². The van der Waals surface area contributed by atoms with Crippen LogP contribution in [0.2, 0.25) is 0 Å². The molecule has 2 unspecified atom stereocenters. The van der Waals surface area contributed by atoms with E-state index in [-0.39, 0.29) is 18.5 Å². The zero-order chi connectivity index (χ0) is 26.6. The SMILES string of the molecule is CCCN1C(=O)C2N(N(CC)CCO)C(Cc3ccsn3)=NC2(CC)N(CCc2ccc(N)cc2)C1=O. The Morgan fingerprint density at radius 1 is 1.14 bits per heavy atom. The highest BCUT2D eigenvalue weighted by Gasteiger charge is 2.62. The third kappa shape index (κ3) is 5.07. The number of nitrogens with two attached hydrogens (primary N) is 1. The highest BCUT2D eigenvalue weighted by molar-refractivity contribution is 7.03. The number of aromatic nitrogens is 1. The maximum atomic E-state index is 14.1. The summed E-state index contributed by atoms with van der Waals surface area (Å²) in [6, 6.07) is 8.57. The Bertz CT molecular complexity index is 1110. The van der Waals surface area contributed by atoms with Gasteiger partial charge in [-0.2, -0.15) is 4.37 Å². The summed E-state index contributed by atoms with van der Waals surface area (Å²) in [4.78, 5) is 36.3. The first-order chi connectivity index (χ1) is 17.9. The number of rotatable bonds is 12. The molecule has 1 aromatic heterocycles. The lowest BCUT2D eigenvalue weighted by Gasteiger charge is -2.51. The van der Waals surface area contributed by atoms with Crippen molar-refractivity contribution in [3.05, 3.63) is 47.0 Å². The fourth-order valence-electron chi connectivity index (χ4n) is 5.32. The lowest BCUT2D eigenvalue weighted by molar-refractivity contribution is -0.151. The Morgan fingerprint density at radius 2 is 1.89 bits per heavy atom. The summed E-state index contributed by atoms with van der Waals surface area (Å²) in [5.41, 5.74) is 7.41. The molecule has 200 valence electrons. The van der Waals surface area contributed by atoms with E-state index in [4.69, 9.17) is 10.7 Å². The van der Waals surface area contributed by atoms with Gasteiger partial charge in [0.2, 0.25) is 0 Å². The molecule has 3 N–H and O–H groups in total. The van der Waals surface area contributed by atoms with Crippen LogP contribution >= 0.6 is 11.5 Å². The van der Waals surface area contributed by atoms with Gasteiger partial charge < -0.3 is 10.8 Å². The molecule has 10 nitrogen and oxygen atoms in total. The van der Waals surface area contributed by atoms with Gasteiger partial charge in [0.1, 0.15) is 5.84 Å². The standard InChI is InChI=1S/C26H37N7O3S/c1-4-13-31-24(35)23-26(5-2,32(25(31)36)14-11-19-7-9-20(27)10-8-19)28-22(18-21-12-17-37-29-21)33(23)30(6-3)15-16-34/h7-10,12,17,23,34H,4-6,11,13-16,18,27H2,1-3H3. The molecular formula is C26H37N7O3S. The maximum Gasteiger partial charge on any atom is 0.328 e. The van der Waals surface area contributed by atoms with Crippen molar-refractivity contribution in [2.45, 2.75) is 58.2 Å². The van der Waals surface area contributed by atoms with E-state index in [0.29, 0.717) is 63.4 Å². The molecular weight excluding hydrogens is 490 g/mol. The number of likely N-dealkylation sites (N-methyl/N-ethyl adjacent to an activating group) is 1. The van der Waals surface area contributed by atoms with Gasteiger partial charge in [-0.05, 0) is 54.6 Å². The predicted molar refractivity (Wildman–Crippen MR) is 145 cm³/mol. The van der Waals surface area contributed by atoms with Crippen LogP contribution in [0.25, 0.3) is 0 Å². The summed E-state index contributed by atoms with van der Waals surface area (Å²) in [5.74, 6) is 0.441. The van der Waals surface area contributed by atoms with Crippen LogP contribution in [0.1, 0.15) is 44.9 Å². The van der Waals surface area contributed by atoms with Crippen molar-refractivity contribution in [1.29, 1.82) is 0 Å². The minimum absolute atomic E-state index is 0.0627. The quantitative estimate of drug-likeness (QED) is 0.407. The highest BCUT2D eigenvalue weighted by Crippen LogP contribution is 2.41. The van der Waals surface area contributed by atoms with Gasteiger partial charge in [-0.25, -0.2) is 14.8 Å². The molecule has 11 heteroatoms. The molecule has 1 fully saturated rings. The van der Waals surface area contributed by atoms with E-state index in [1.165, 1.54) is 16.4 Å². The maximum absolute atomic E-state index is 14.1. The van der Waals surface area contributed by atoms with Crippen LogP contribution in [0, 0.1) is 0 Å². The monoisotopic (exact) mass is 527 g/mol. The van der Waals surface area contributed by atoms with Crippen LogP contribution in [0.3, 0.4) is 0 Å². The number of hydrogen-bond acceptors (Lipinski definition) is 9. The molecule has 0 bridgehead atoms. The van der Waals surface area contributed by atoms with Gasteiger partial charge in [0.15, 0.2) is 11.7 Å². The number of hydrazine groups is 1. The average molecular weight is 528 g/mol. The Morgan fingerprint density at radius 3 is 2.49 bits per heavy atom. The molecule has 3 amide bonds. The summed E-state index contributed by atoms with van der Waals surface area (Å²) in [7, 11) is 0. The number of nitrogens with zero attached hydrogens (tertiary/aromatic N) is 6.